The molecule has 0 saturated carbocycles. The molecule has 0 spiro atoms. The van der Waals surface area contributed by atoms with Crippen molar-refractivity contribution in [3.05, 3.63) is 75.3 Å². The predicted molar refractivity (Wildman–Crippen MR) is 132 cm³/mol. The average molecular weight is 483 g/mol. The van der Waals surface area contributed by atoms with Crippen molar-refractivity contribution in [2.24, 2.45) is 5.10 Å². The Morgan fingerprint density at radius 1 is 1.29 bits per heavy atom. The highest BCUT2D eigenvalue weighted by atomic mass is 79.9. The predicted octanol–water partition coefficient (Wildman–Crippen LogP) is 5.19. The first kappa shape index (κ1) is 22.7. The highest BCUT2D eigenvalue weighted by Gasteiger charge is 2.16. The van der Waals surface area contributed by atoms with Crippen LogP contribution in [-0.2, 0) is 0 Å². The third kappa shape index (κ3) is 5.05. The summed E-state index contributed by atoms with van der Waals surface area (Å²) >= 11 is 3.44. The Morgan fingerprint density at radius 3 is 2.74 bits per heavy atom. The summed E-state index contributed by atoms with van der Waals surface area (Å²) in [6, 6.07) is 11.4. The number of fused-ring (bicyclic) bond motifs is 1. The smallest absolute Gasteiger partial charge is 0.282 e. The van der Waals surface area contributed by atoms with E-state index in [0.717, 1.165) is 22.1 Å². The highest BCUT2D eigenvalue weighted by molar-refractivity contribution is 9.10. The van der Waals surface area contributed by atoms with Crippen molar-refractivity contribution < 1.29 is 4.74 Å². The zero-order chi connectivity index (χ0) is 22.5. The fourth-order valence-corrected chi connectivity index (χ4v) is 3.44. The molecule has 0 aliphatic heterocycles. The highest BCUT2D eigenvalue weighted by Crippen LogP contribution is 2.25. The fraction of sp³-hybridized carbons (Fsp3) is 0.292. The van der Waals surface area contributed by atoms with Crippen molar-refractivity contribution in [2.45, 2.75) is 26.2 Å². The summed E-state index contributed by atoms with van der Waals surface area (Å²) in [7, 11) is 3.94. The monoisotopic (exact) mass is 482 g/mol. The lowest BCUT2D eigenvalue weighted by Crippen LogP contribution is -2.23. The SMILES string of the molecule is C=CCOc1cc(N(C)C)ccc1C=Nn1c([C@@H](C)CC)nc2ccc(Br)cc2c1=O. The number of hydrogen-bond acceptors (Lipinski definition) is 5. The molecular weight excluding hydrogens is 456 g/mol. The van der Waals surface area contributed by atoms with Gasteiger partial charge in [-0.2, -0.15) is 9.78 Å². The number of benzene rings is 2. The molecule has 3 rings (SSSR count). The second-order valence-corrected chi connectivity index (χ2v) is 8.43. The molecule has 6 nitrogen and oxygen atoms in total. The molecule has 162 valence electrons. The lowest BCUT2D eigenvalue weighted by molar-refractivity contribution is 0.363. The second-order valence-electron chi connectivity index (χ2n) is 7.52. The zero-order valence-electron chi connectivity index (χ0n) is 18.3. The summed E-state index contributed by atoms with van der Waals surface area (Å²) in [4.78, 5) is 20.0. The van der Waals surface area contributed by atoms with Gasteiger partial charge in [0.2, 0.25) is 0 Å². The van der Waals surface area contributed by atoms with Crippen LogP contribution in [0.5, 0.6) is 5.75 Å². The summed E-state index contributed by atoms with van der Waals surface area (Å²) in [5.74, 6) is 1.38. The van der Waals surface area contributed by atoms with Gasteiger partial charge in [-0.05, 0) is 36.8 Å². The molecule has 0 N–H and O–H groups in total. The Morgan fingerprint density at radius 2 is 2.06 bits per heavy atom. The molecule has 0 unspecified atom stereocenters. The summed E-state index contributed by atoms with van der Waals surface area (Å²) in [5.41, 5.74) is 2.24. The minimum atomic E-state index is -0.198. The third-order valence-electron chi connectivity index (χ3n) is 5.07. The molecule has 2 aromatic carbocycles. The number of nitrogens with zero attached hydrogens (tertiary/aromatic N) is 4. The Hall–Kier alpha value is -2.93. The van der Waals surface area contributed by atoms with Crippen LogP contribution in [0.3, 0.4) is 0 Å². The third-order valence-corrected chi connectivity index (χ3v) is 5.56. The van der Waals surface area contributed by atoms with Gasteiger partial charge >= 0.3 is 0 Å². The van der Waals surface area contributed by atoms with Crippen LogP contribution in [0.25, 0.3) is 10.9 Å². The Kier molecular flexibility index (Phi) is 7.28. The molecule has 1 heterocycles. The van der Waals surface area contributed by atoms with Crippen LogP contribution >= 0.6 is 15.9 Å². The maximum Gasteiger partial charge on any atom is 0.282 e. The van der Waals surface area contributed by atoms with E-state index in [1.54, 1.807) is 18.4 Å². The van der Waals surface area contributed by atoms with E-state index < -0.39 is 0 Å². The second kappa shape index (κ2) is 9.92. The van der Waals surface area contributed by atoms with Gasteiger partial charge in [-0.15, -0.1) is 0 Å². The van der Waals surface area contributed by atoms with E-state index in [9.17, 15) is 4.79 Å². The van der Waals surface area contributed by atoms with E-state index in [2.05, 4.69) is 34.5 Å². The molecule has 0 fully saturated rings. The van der Waals surface area contributed by atoms with E-state index in [4.69, 9.17) is 9.72 Å². The van der Waals surface area contributed by atoms with Crippen LogP contribution in [-0.4, -0.2) is 36.6 Å². The number of aromatic nitrogens is 2. The van der Waals surface area contributed by atoms with Gasteiger partial charge in [-0.3, -0.25) is 4.79 Å². The fourth-order valence-electron chi connectivity index (χ4n) is 3.08. The van der Waals surface area contributed by atoms with Gasteiger partial charge in [-0.25, -0.2) is 4.98 Å². The molecule has 7 heteroatoms. The summed E-state index contributed by atoms with van der Waals surface area (Å²) in [6.45, 7) is 8.21. The summed E-state index contributed by atoms with van der Waals surface area (Å²) < 4.78 is 8.06. The van der Waals surface area contributed by atoms with Gasteiger partial charge in [0.25, 0.3) is 5.56 Å². The van der Waals surface area contributed by atoms with E-state index in [1.165, 1.54) is 4.68 Å². The molecule has 31 heavy (non-hydrogen) atoms. The molecule has 0 radical (unpaired) electrons. The van der Waals surface area contributed by atoms with Crippen molar-refractivity contribution in [3.63, 3.8) is 0 Å². The van der Waals surface area contributed by atoms with Crippen LogP contribution < -0.4 is 15.2 Å². The van der Waals surface area contributed by atoms with Crippen LogP contribution in [0.2, 0.25) is 0 Å². The van der Waals surface area contributed by atoms with Gasteiger partial charge in [0.05, 0.1) is 17.1 Å². The van der Waals surface area contributed by atoms with Crippen molar-refractivity contribution in [1.82, 2.24) is 9.66 Å². The minimum absolute atomic E-state index is 0.0745. The molecule has 0 aliphatic rings. The molecular formula is C24H27BrN4O2. The van der Waals surface area contributed by atoms with Gasteiger partial charge < -0.3 is 9.64 Å². The first-order chi connectivity index (χ1) is 14.8. The quantitative estimate of drug-likeness (QED) is 0.327. The van der Waals surface area contributed by atoms with E-state index in [0.29, 0.717) is 29.1 Å². The van der Waals surface area contributed by atoms with Crippen LogP contribution in [0.4, 0.5) is 5.69 Å². The molecule has 0 saturated heterocycles. The average Bonchev–Trinajstić information content (AvgIpc) is 2.76. The lowest BCUT2D eigenvalue weighted by Gasteiger charge is -2.16. The number of anilines is 1. The van der Waals surface area contributed by atoms with Crippen LogP contribution in [0.15, 0.2) is 63.4 Å². The minimum Gasteiger partial charge on any atom is -0.489 e. The largest absolute Gasteiger partial charge is 0.489 e. The van der Waals surface area contributed by atoms with Gasteiger partial charge in [0, 0.05) is 41.8 Å². The summed E-state index contributed by atoms with van der Waals surface area (Å²) in [6.07, 6.45) is 4.19. The van der Waals surface area contributed by atoms with Crippen LogP contribution in [0, 0.1) is 0 Å². The molecule has 0 aliphatic carbocycles. The molecule has 0 bridgehead atoms. The van der Waals surface area contributed by atoms with E-state index in [1.807, 2.05) is 56.3 Å². The first-order valence-electron chi connectivity index (χ1n) is 10.2. The van der Waals surface area contributed by atoms with Crippen molar-refractivity contribution in [1.29, 1.82) is 0 Å². The molecule has 1 atom stereocenters. The number of hydrogen-bond donors (Lipinski definition) is 0. The molecule has 0 amide bonds. The first-order valence-corrected chi connectivity index (χ1v) is 11.0. The van der Waals surface area contributed by atoms with Crippen LogP contribution in [0.1, 0.15) is 37.6 Å². The number of ether oxygens (including phenoxy) is 1. The summed E-state index contributed by atoms with van der Waals surface area (Å²) in [5, 5.41) is 5.07. The Bertz CT molecular complexity index is 1180. The topological polar surface area (TPSA) is 59.7 Å². The Labute approximate surface area is 191 Å². The maximum absolute atomic E-state index is 13.3. The normalized spacial score (nSPS) is 12.3. The standard InChI is InChI=1S/C24H27BrN4O2/c1-6-12-31-22-14-19(28(4)5)10-8-17(22)15-26-29-23(16(3)7-2)27-21-11-9-18(25)13-20(21)24(29)30/h6,8-11,13-16H,1,7,12H2,2-5H3/t16-/m0/s1. The Balaban J connectivity index is 2.15. The van der Waals surface area contributed by atoms with Gasteiger partial charge in [0.1, 0.15) is 18.2 Å². The van der Waals surface area contributed by atoms with E-state index in [-0.39, 0.29) is 11.5 Å². The van der Waals surface area contributed by atoms with Gasteiger partial charge in [-0.1, -0.05) is 42.4 Å². The lowest BCUT2D eigenvalue weighted by atomic mass is 10.1. The molecule has 1 aromatic heterocycles. The molecule has 3 aromatic rings. The van der Waals surface area contributed by atoms with Crippen molar-refractivity contribution >= 4 is 38.7 Å². The van der Waals surface area contributed by atoms with E-state index >= 15 is 0 Å². The maximum atomic E-state index is 13.3. The zero-order valence-corrected chi connectivity index (χ0v) is 19.9. The number of halogens is 1. The van der Waals surface area contributed by atoms with Crippen molar-refractivity contribution in [2.75, 3.05) is 25.6 Å². The van der Waals surface area contributed by atoms with Gasteiger partial charge in [0.15, 0.2) is 0 Å². The number of rotatable bonds is 8. The van der Waals surface area contributed by atoms with Crippen molar-refractivity contribution in [3.8, 4) is 5.75 Å².